The smallest absolute Gasteiger partial charge is 0.387 e. The molecule has 0 saturated carbocycles. The molecular weight excluding hydrogens is 278 g/mol. The SMILES string of the molecule is CCn1ccnc1CC(NN)c1cccc(OC(F)F)c1. The van der Waals surface area contributed by atoms with Crippen LogP contribution in [0.3, 0.4) is 0 Å². The zero-order valence-electron chi connectivity index (χ0n) is 11.7. The van der Waals surface area contributed by atoms with E-state index in [1.54, 1.807) is 18.3 Å². The summed E-state index contributed by atoms with van der Waals surface area (Å²) in [6, 6.07) is 6.26. The van der Waals surface area contributed by atoms with Crippen LogP contribution in [0, 0.1) is 0 Å². The largest absolute Gasteiger partial charge is 0.435 e. The molecule has 0 spiro atoms. The second kappa shape index (κ2) is 7.14. The summed E-state index contributed by atoms with van der Waals surface area (Å²) >= 11 is 0. The van der Waals surface area contributed by atoms with E-state index in [-0.39, 0.29) is 11.8 Å². The molecule has 0 saturated heterocycles. The summed E-state index contributed by atoms with van der Waals surface area (Å²) in [4.78, 5) is 4.29. The van der Waals surface area contributed by atoms with Gasteiger partial charge in [0.25, 0.3) is 0 Å². The van der Waals surface area contributed by atoms with Crippen LogP contribution in [0.2, 0.25) is 0 Å². The van der Waals surface area contributed by atoms with Gasteiger partial charge in [0.1, 0.15) is 11.6 Å². The van der Waals surface area contributed by atoms with Crippen LogP contribution in [0.15, 0.2) is 36.7 Å². The Morgan fingerprint density at radius 2 is 2.24 bits per heavy atom. The van der Waals surface area contributed by atoms with Gasteiger partial charge in [0.05, 0.1) is 6.04 Å². The minimum absolute atomic E-state index is 0.113. The van der Waals surface area contributed by atoms with Gasteiger partial charge in [-0.1, -0.05) is 12.1 Å². The standard InChI is InChI=1S/C14H18F2N4O/c1-2-20-7-6-18-13(20)9-12(19-17)10-4-3-5-11(8-10)21-14(15)16/h3-8,12,14,19H,2,9,17H2,1H3. The first-order valence-corrected chi connectivity index (χ1v) is 6.65. The van der Waals surface area contributed by atoms with E-state index in [9.17, 15) is 8.78 Å². The van der Waals surface area contributed by atoms with Crippen molar-refractivity contribution in [3.8, 4) is 5.75 Å². The third-order valence-electron chi connectivity index (χ3n) is 3.22. The molecule has 1 aromatic carbocycles. The molecule has 1 heterocycles. The van der Waals surface area contributed by atoms with Gasteiger partial charge < -0.3 is 9.30 Å². The molecule has 0 aliphatic heterocycles. The van der Waals surface area contributed by atoms with Crippen molar-refractivity contribution >= 4 is 0 Å². The number of rotatable bonds is 7. The van der Waals surface area contributed by atoms with Crippen LogP contribution in [0.1, 0.15) is 24.4 Å². The molecule has 2 rings (SSSR count). The maximum Gasteiger partial charge on any atom is 0.387 e. The van der Waals surface area contributed by atoms with Gasteiger partial charge in [0.15, 0.2) is 0 Å². The predicted octanol–water partition coefficient (Wildman–Crippen LogP) is 2.25. The fourth-order valence-corrected chi connectivity index (χ4v) is 2.18. The molecule has 7 heteroatoms. The average molecular weight is 296 g/mol. The van der Waals surface area contributed by atoms with Crippen molar-refractivity contribution < 1.29 is 13.5 Å². The Morgan fingerprint density at radius 1 is 1.43 bits per heavy atom. The number of ether oxygens (including phenoxy) is 1. The lowest BCUT2D eigenvalue weighted by molar-refractivity contribution is -0.0499. The summed E-state index contributed by atoms with van der Waals surface area (Å²) < 4.78 is 30.9. The molecule has 114 valence electrons. The zero-order valence-corrected chi connectivity index (χ0v) is 11.7. The number of hydrogen-bond donors (Lipinski definition) is 2. The van der Waals surface area contributed by atoms with E-state index >= 15 is 0 Å². The number of halogens is 2. The molecule has 1 unspecified atom stereocenters. The highest BCUT2D eigenvalue weighted by molar-refractivity contribution is 5.31. The monoisotopic (exact) mass is 296 g/mol. The summed E-state index contributed by atoms with van der Waals surface area (Å²) in [5.74, 6) is 6.58. The van der Waals surface area contributed by atoms with Crippen LogP contribution >= 0.6 is 0 Å². The van der Waals surface area contributed by atoms with Crippen LogP contribution in [0.4, 0.5) is 8.78 Å². The molecule has 1 atom stereocenters. The molecule has 21 heavy (non-hydrogen) atoms. The lowest BCUT2D eigenvalue weighted by Gasteiger charge is -2.17. The van der Waals surface area contributed by atoms with Crippen LogP contribution in [0.5, 0.6) is 5.75 Å². The Morgan fingerprint density at radius 3 is 2.90 bits per heavy atom. The summed E-state index contributed by atoms with van der Waals surface area (Å²) in [7, 11) is 0. The van der Waals surface area contributed by atoms with Gasteiger partial charge in [-0.3, -0.25) is 11.3 Å². The minimum Gasteiger partial charge on any atom is -0.435 e. The normalized spacial score (nSPS) is 12.6. The highest BCUT2D eigenvalue weighted by atomic mass is 19.3. The first-order valence-electron chi connectivity index (χ1n) is 6.65. The minimum atomic E-state index is -2.84. The number of nitrogens with one attached hydrogen (secondary N) is 1. The van der Waals surface area contributed by atoms with E-state index in [1.807, 2.05) is 23.8 Å². The van der Waals surface area contributed by atoms with E-state index in [0.717, 1.165) is 17.9 Å². The van der Waals surface area contributed by atoms with Crippen molar-refractivity contribution in [2.45, 2.75) is 32.5 Å². The Kier molecular flexibility index (Phi) is 5.24. The van der Waals surface area contributed by atoms with Gasteiger partial charge >= 0.3 is 6.61 Å². The molecule has 3 N–H and O–H groups in total. The lowest BCUT2D eigenvalue weighted by atomic mass is 10.0. The Labute approximate surface area is 121 Å². The number of nitrogens with zero attached hydrogens (tertiary/aromatic N) is 2. The maximum atomic E-state index is 12.3. The third-order valence-corrected chi connectivity index (χ3v) is 3.22. The van der Waals surface area contributed by atoms with E-state index < -0.39 is 6.61 Å². The van der Waals surface area contributed by atoms with E-state index in [1.165, 1.54) is 6.07 Å². The number of aromatic nitrogens is 2. The number of alkyl halides is 2. The van der Waals surface area contributed by atoms with Gasteiger partial charge in [-0.05, 0) is 24.6 Å². The molecule has 0 aliphatic rings. The van der Waals surface area contributed by atoms with Crippen LogP contribution in [0.25, 0.3) is 0 Å². The number of hydrazine groups is 1. The molecule has 5 nitrogen and oxygen atoms in total. The van der Waals surface area contributed by atoms with Crippen LogP contribution < -0.4 is 16.0 Å². The molecule has 0 fully saturated rings. The number of nitrogens with two attached hydrogens (primary N) is 1. The summed E-state index contributed by atoms with van der Waals surface area (Å²) in [5, 5.41) is 0. The van der Waals surface area contributed by atoms with Crippen LogP contribution in [-0.4, -0.2) is 16.2 Å². The molecule has 0 bridgehead atoms. The Bertz CT molecular complexity index is 574. The van der Waals surface area contributed by atoms with Gasteiger partial charge in [0, 0.05) is 25.4 Å². The summed E-state index contributed by atoms with van der Waals surface area (Å²) in [6.07, 6.45) is 4.16. The van der Waals surface area contributed by atoms with Gasteiger partial charge in [0.2, 0.25) is 0 Å². The van der Waals surface area contributed by atoms with Crippen molar-refractivity contribution in [3.05, 3.63) is 48.0 Å². The van der Waals surface area contributed by atoms with Gasteiger partial charge in [-0.15, -0.1) is 0 Å². The highest BCUT2D eigenvalue weighted by Crippen LogP contribution is 2.22. The average Bonchev–Trinajstić information content (AvgIpc) is 2.91. The molecule has 1 aromatic heterocycles. The number of benzene rings is 1. The summed E-state index contributed by atoms with van der Waals surface area (Å²) in [5.41, 5.74) is 3.46. The predicted molar refractivity (Wildman–Crippen MR) is 74.7 cm³/mol. The molecule has 0 aliphatic carbocycles. The second-order valence-corrected chi connectivity index (χ2v) is 4.50. The van der Waals surface area contributed by atoms with Crippen molar-refractivity contribution in [2.75, 3.05) is 0 Å². The lowest BCUT2D eigenvalue weighted by Crippen LogP contribution is -2.30. The van der Waals surface area contributed by atoms with Gasteiger partial charge in [-0.25, -0.2) is 4.98 Å². The first-order chi connectivity index (χ1) is 10.1. The fourth-order valence-electron chi connectivity index (χ4n) is 2.18. The zero-order chi connectivity index (χ0) is 15.2. The fraction of sp³-hybridized carbons (Fsp3) is 0.357. The number of aryl methyl sites for hydroxylation is 1. The van der Waals surface area contributed by atoms with Gasteiger partial charge in [-0.2, -0.15) is 8.78 Å². The molecule has 0 radical (unpaired) electrons. The first kappa shape index (κ1) is 15.4. The van der Waals surface area contributed by atoms with E-state index in [0.29, 0.717) is 6.42 Å². The van der Waals surface area contributed by atoms with Crippen LogP contribution in [-0.2, 0) is 13.0 Å². The van der Waals surface area contributed by atoms with E-state index in [2.05, 4.69) is 15.1 Å². The molecule has 2 aromatic rings. The maximum absolute atomic E-state index is 12.3. The molecule has 0 amide bonds. The topological polar surface area (TPSA) is 65.1 Å². The summed E-state index contributed by atoms with van der Waals surface area (Å²) in [6.45, 7) is -0.0163. The number of hydrogen-bond acceptors (Lipinski definition) is 4. The highest BCUT2D eigenvalue weighted by Gasteiger charge is 2.15. The van der Waals surface area contributed by atoms with Crippen molar-refractivity contribution in [2.24, 2.45) is 5.84 Å². The molecular formula is C14H18F2N4O. The second-order valence-electron chi connectivity index (χ2n) is 4.50. The third kappa shape index (κ3) is 3.99. The van der Waals surface area contributed by atoms with Crippen molar-refractivity contribution in [1.82, 2.24) is 15.0 Å². The number of imidazole rings is 1. The Balaban J connectivity index is 2.17. The van der Waals surface area contributed by atoms with Crippen molar-refractivity contribution in [1.29, 1.82) is 0 Å². The Hall–Kier alpha value is -1.99. The van der Waals surface area contributed by atoms with Crippen molar-refractivity contribution in [3.63, 3.8) is 0 Å². The quantitative estimate of drug-likeness (QED) is 0.607. The van der Waals surface area contributed by atoms with E-state index in [4.69, 9.17) is 5.84 Å².